The van der Waals surface area contributed by atoms with Crippen molar-refractivity contribution >= 4 is 10.9 Å². The van der Waals surface area contributed by atoms with E-state index >= 15 is 0 Å². The number of ether oxygens (including phenoxy) is 1. The van der Waals surface area contributed by atoms with Crippen molar-refractivity contribution < 1.29 is 9.94 Å². The zero-order valence-electron chi connectivity index (χ0n) is 16.2. The number of nitrogens with one attached hydrogen (secondary N) is 1. The highest BCUT2D eigenvalue weighted by atomic mass is 16.5. The summed E-state index contributed by atoms with van der Waals surface area (Å²) in [6.07, 6.45) is 7.23. The van der Waals surface area contributed by atoms with Gasteiger partial charge in [0.05, 0.1) is 11.2 Å². The molecule has 4 rings (SSSR count). The van der Waals surface area contributed by atoms with Crippen molar-refractivity contribution in [3.8, 4) is 5.75 Å². The zero-order valence-corrected chi connectivity index (χ0v) is 16.2. The van der Waals surface area contributed by atoms with Gasteiger partial charge in [-0.15, -0.1) is 0 Å². The van der Waals surface area contributed by atoms with Crippen LogP contribution in [0.3, 0.4) is 0 Å². The van der Waals surface area contributed by atoms with Crippen LogP contribution in [0.1, 0.15) is 49.8 Å². The summed E-state index contributed by atoms with van der Waals surface area (Å²) < 4.78 is 5.97. The van der Waals surface area contributed by atoms with Crippen molar-refractivity contribution in [1.82, 2.24) is 10.5 Å². The minimum atomic E-state index is 0.0175. The predicted octanol–water partition coefficient (Wildman–Crippen LogP) is 5.38. The largest absolute Gasteiger partial charge is 0.487 e. The highest BCUT2D eigenvalue weighted by molar-refractivity contribution is 5.78. The molecule has 3 aromatic rings. The molecule has 1 aliphatic carbocycles. The van der Waals surface area contributed by atoms with E-state index < -0.39 is 0 Å². The third kappa shape index (κ3) is 4.18. The van der Waals surface area contributed by atoms with Crippen LogP contribution in [-0.2, 0) is 12.0 Å². The van der Waals surface area contributed by atoms with Gasteiger partial charge in [-0.1, -0.05) is 62.1 Å². The molecular weight excluding hydrogens is 348 g/mol. The highest BCUT2D eigenvalue weighted by Gasteiger charge is 2.32. The third-order valence-electron chi connectivity index (χ3n) is 5.99. The van der Waals surface area contributed by atoms with Gasteiger partial charge in [0, 0.05) is 17.3 Å². The Morgan fingerprint density at radius 3 is 2.39 bits per heavy atom. The van der Waals surface area contributed by atoms with Gasteiger partial charge >= 0.3 is 0 Å². The summed E-state index contributed by atoms with van der Waals surface area (Å²) in [5, 5.41) is 10.5. The lowest BCUT2D eigenvalue weighted by atomic mass is 9.74. The number of benzene rings is 2. The summed E-state index contributed by atoms with van der Waals surface area (Å²) in [6, 6.07) is 20.6. The van der Waals surface area contributed by atoms with E-state index in [0.717, 1.165) is 35.2 Å². The Morgan fingerprint density at radius 1 is 0.893 bits per heavy atom. The normalized spacial score (nSPS) is 16.6. The van der Waals surface area contributed by atoms with Gasteiger partial charge in [-0.05, 0) is 42.7 Å². The van der Waals surface area contributed by atoms with Gasteiger partial charge in [-0.3, -0.25) is 0 Å². The van der Waals surface area contributed by atoms with Gasteiger partial charge in [-0.2, -0.15) is 0 Å². The molecular formula is C24H28N2O2. The first-order valence-corrected chi connectivity index (χ1v) is 10.2. The van der Waals surface area contributed by atoms with Crippen LogP contribution in [0, 0.1) is 0 Å². The van der Waals surface area contributed by atoms with Crippen LogP contribution in [0.2, 0.25) is 0 Å². The minimum Gasteiger partial charge on any atom is -0.487 e. The molecule has 2 N–H and O–H groups in total. The lowest BCUT2D eigenvalue weighted by Crippen LogP contribution is -2.36. The van der Waals surface area contributed by atoms with E-state index in [-0.39, 0.29) is 5.41 Å². The number of hydrogen-bond donors (Lipinski definition) is 2. The number of para-hydroxylation sites is 1. The van der Waals surface area contributed by atoms with Crippen LogP contribution in [0.15, 0.2) is 60.7 Å². The summed E-state index contributed by atoms with van der Waals surface area (Å²) in [5.74, 6) is 0.847. The van der Waals surface area contributed by atoms with Gasteiger partial charge in [-0.25, -0.2) is 10.5 Å². The molecule has 4 nitrogen and oxygen atoms in total. The fourth-order valence-corrected chi connectivity index (χ4v) is 4.37. The van der Waals surface area contributed by atoms with Gasteiger partial charge in [0.2, 0.25) is 0 Å². The average Bonchev–Trinajstić information content (AvgIpc) is 2.99. The van der Waals surface area contributed by atoms with Gasteiger partial charge in [0.25, 0.3) is 0 Å². The maximum Gasteiger partial charge on any atom is 0.130 e. The zero-order chi connectivity index (χ0) is 19.2. The molecule has 1 aromatic heterocycles. The number of nitrogens with zero attached hydrogens (tertiary/aromatic N) is 1. The lowest BCUT2D eigenvalue weighted by Gasteiger charge is -2.33. The molecule has 0 bridgehead atoms. The van der Waals surface area contributed by atoms with Crippen LogP contribution in [0.25, 0.3) is 10.9 Å². The van der Waals surface area contributed by atoms with Crippen molar-refractivity contribution in [1.29, 1.82) is 0 Å². The molecule has 0 unspecified atom stereocenters. The van der Waals surface area contributed by atoms with Crippen molar-refractivity contribution in [3.05, 3.63) is 71.9 Å². The molecule has 28 heavy (non-hydrogen) atoms. The number of hydroxylamine groups is 1. The Morgan fingerprint density at radius 2 is 1.64 bits per heavy atom. The van der Waals surface area contributed by atoms with Gasteiger partial charge < -0.3 is 9.94 Å². The summed E-state index contributed by atoms with van der Waals surface area (Å²) >= 11 is 0. The minimum absolute atomic E-state index is 0.0175. The van der Waals surface area contributed by atoms with Crippen molar-refractivity contribution in [2.45, 2.75) is 50.5 Å². The Hall–Kier alpha value is -2.43. The van der Waals surface area contributed by atoms with E-state index in [1.165, 1.54) is 31.2 Å². The molecule has 1 heterocycles. The van der Waals surface area contributed by atoms with Crippen LogP contribution in [0.5, 0.6) is 5.75 Å². The molecule has 2 aromatic carbocycles. The third-order valence-corrected chi connectivity index (χ3v) is 5.99. The number of pyridine rings is 1. The van der Waals surface area contributed by atoms with Crippen LogP contribution < -0.4 is 10.2 Å². The van der Waals surface area contributed by atoms with Crippen molar-refractivity contribution in [2.24, 2.45) is 0 Å². The van der Waals surface area contributed by atoms with Crippen LogP contribution >= 0.6 is 0 Å². The van der Waals surface area contributed by atoms with Crippen LogP contribution in [-0.4, -0.2) is 16.7 Å². The van der Waals surface area contributed by atoms with E-state index in [2.05, 4.69) is 34.7 Å². The molecule has 1 aliphatic rings. The molecule has 1 fully saturated rings. The molecule has 146 valence electrons. The lowest BCUT2D eigenvalue weighted by molar-refractivity contribution is 0.131. The van der Waals surface area contributed by atoms with E-state index in [1.807, 2.05) is 36.4 Å². The van der Waals surface area contributed by atoms with E-state index in [9.17, 15) is 5.21 Å². The molecule has 0 aliphatic heterocycles. The molecule has 0 saturated heterocycles. The Balaban J connectivity index is 1.46. The second kappa shape index (κ2) is 8.72. The highest BCUT2D eigenvalue weighted by Crippen LogP contribution is 2.38. The molecule has 0 amide bonds. The summed E-state index contributed by atoms with van der Waals surface area (Å²) in [5.41, 5.74) is 5.66. The molecule has 1 saturated carbocycles. The molecule has 0 radical (unpaired) electrons. The summed E-state index contributed by atoms with van der Waals surface area (Å²) in [4.78, 5) is 4.67. The first-order valence-electron chi connectivity index (χ1n) is 10.2. The van der Waals surface area contributed by atoms with Crippen molar-refractivity contribution in [2.75, 3.05) is 6.54 Å². The first-order chi connectivity index (χ1) is 13.8. The monoisotopic (exact) mass is 376 g/mol. The summed E-state index contributed by atoms with van der Waals surface area (Å²) in [7, 11) is 0. The fraction of sp³-hybridized carbons (Fsp3) is 0.375. The van der Waals surface area contributed by atoms with Crippen LogP contribution in [0.4, 0.5) is 0 Å². The predicted molar refractivity (Wildman–Crippen MR) is 112 cm³/mol. The fourth-order valence-electron chi connectivity index (χ4n) is 4.37. The van der Waals surface area contributed by atoms with E-state index in [4.69, 9.17) is 4.74 Å². The standard InChI is InChI=1S/C24H28N2O2/c27-25-18-24(15-5-1-2-6-16-24)20-10-13-22(14-11-20)28-17-21-12-9-19-7-3-4-8-23(19)26-21/h3-4,7-14,25,27H,1-2,5-6,15-18H2. The SMILES string of the molecule is ONCC1(c2ccc(OCc3ccc4ccccc4n3)cc2)CCCCCC1. The maximum absolute atomic E-state index is 9.40. The second-order valence-corrected chi connectivity index (χ2v) is 7.84. The number of aromatic nitrogens is 1. The Labute approximate surface area is 166 Å². The number of fused-ring (bicyclic) bond motifs is 1. The van der Waals surface area contributed by atoms with E-state index in [1.54, 1.807) is 0 Å². The first kappa shape index (κ1) is 18.9. The smallest absolute Gasteiger partial charge is 0.130 e. The maximum atomic E-state index is 9.40. The van der Waals surface area contributed by atoms with Gasteiger partial charge in [0.1, 0.15) is 12.4 Å². The van der Waals surface area contributed by atoms with Gasteiger partial charge in [0.15, 0.2) is 0 Å². The molecule has 4 heteroatoms. The molecule has 0 spiro atoms. The number of hydrogen-bond acceptors (Lipinski definition) is 4. The van der Waals surface area contributed by atoms with Crippen molar-refractivity contribution in [3.63, 3.8) is 0 Å². The topological polar surface area (TPSA) is 54.4 Å². The second-order valence-electron chi connectivity index (χ2n) is 7.84. The molecule has 0 atom stereocenters. The average molecular weight is 377 g/mol. The van der Waals surface area contributed by atoms with E-state index in [0.29, 0.717) is 13.2 Å². The Kier molecular flexibility index (Phi) is 5.89. The quantitative estimate of drug-likeness (QED) is 0.448. The Bertz CT molecular complexity index is 900. The summed E-state index contributed by atoms with van der Waals surface area (Å²) in [6.45, 7) is 1.06. The number of rotatable bonds is 6.